The predicted octanol–water partition coefficient (Wildman–Crippen LogP) is 3.24. The van der Waals surface area contributed by atoms with E-state index in [0.29, 0.717) is 49.1 Å². The predicted molar refractivity (Wildman–Crippen MR) is 158 cm³/mol. The maximum Gasteiger partial charge on any atom is 0.407 e. The second-order valence-corrected chi connectivity index (χ2v) is 11.1. The van der Waals surface area contributed by atoms with E-state index in [-0.39, 0.29) is 12.0 Å². The standard InChI is InChI=1S/C30H34ClN5O5/c31-25-17-19(1-4-27(25)41-14-11-34-9-12-40-13-10-34)20-15-23-22-3-2-21(35-5-7-36(8-6-35)30(38)39)18-26(22)33-28(23)24(16-20)29(32)37/h1-4,15-18,23,28,33H,5-14H2,(H2,32,37)(H,38,39). The normalized spacial score (nSPS) is 22.3. The lowest BCUT2D eigenvalue weighted by Gasteiger charge is -2.34. The molecule has 41 heavy (non-hydrogen) atoms. The van der Waals surface area contributed by atoms with Crippen LogP contribution in [0.4, 0.5) is 16.2 Å². The van der Waals surface area contributed by atoms with Gasteiger partial charge in [0.1, 0.15) is 12.4 Å². The molecule has 0 aromatic heterocycles. The zero-order chi connectivity index (χ0) is 28.5. The first kappa shape index (κ1) is 27.4. The zero-order valence-electron chi connectivity index (χ0n) is 22.7. The number of carbonyl (C=O) groups is 2. The quantitative estimate of drug-likeness (QED) is 0.457. The average Bonchev–Trinajstić information content (AvgIpc) is 3.35. The van der Waals surface area contributed by atoms with Gasteiger partial charge in [-0.3, -0.25) is 9.69 Å². The number of nitrogens with zero attached hydrogens (tertiary/aromatic N) is 3. The van der Waals surface area contributed by atoms with Crippen LogP contribution in [-0.2, 0) is 9.53 Å². The summed E-state index contributed by atoms with van der Waals surface area (Å²) in [6.45, 7) is 6.85. The molecule has 0 radical (unpaired) electrons. The van der Waals surface area contributed by atoms with Crippen LogP contribution in [0, 0.1) is 0 Å². The lowest BCUT2D eigenvalue weighted by atomic mass is 9.81. The van der Waals surface area contributed by atoms with Gasteiger partial charge in [0, 0.05) is 68.7 Å². The van der Waals surface area contributed by atoms with E-state index in [2.05, 4.69) is 39.4 Å². The summed E-state index contributed by atoms with van der Waals surface area (Å²) in [5, 5.41) is 13.3. The summed E-state index contributed by atoms with van der Waals surface area (Å²) in [7, 11) is 0. The van der Waals surface area contributed by atoms with Crippen LogP contribution >= 0.6 is 11.6 Å². The molecule has 2 saturated heterocycles. The smallest absolute Gasteiger partial charge is 0.407 e. The van der Waals surface area contributed by atoms with Crippen molar-refractivity contribution in [1.29, 1.82) is 0 Å². The van der Waals surface area contributed by atoms with Gasteiger partial charge in [-0.25, -0.2) is 4.79 Å². The first-order chi connectivity index (χ1) is 19.9. The number of ether oxygens (including phenoxy) is 2. The Morgan fingerprint density at radius 1 is 1.07 bits per heavy atom. The number of nitrogens with two attached hydrogens (primary N) is 1. The molecule has 0 saturated carbocycles. The van der Waals surface area contributed by atoms with Gasteiger partial charge in [0.25, 0.3) is 0 Å². The number of rotatable bonds is 7. The van der Waals surface area contributed by atoms with Gasteiger partial charge < -0.3 is 35.4 Å². The molecule has 2 aromatic rings. The summed E-state index contributed by atoms with van der Waals surface area (Å²) in [5.74, 6) is 0.0837. The fraction of sp³-hybridized carbons (Fsp3) is 0.400. The Kier molecular flexibility index (Phi) is 7.79. The highest BCUT2D eigenvalue weighted by atomic mass is 35.5. The molecule has 2 aromatic carbocycles. The number of morpholine rings is 1. The molecule has 1 aliphatic carbocycles. The molecule has 10 nitrogen and oxygen atoms in total. The molecule has 216 valence electrons. The Hall–Kier alpha value is -3.73. The molecule has 6 rings (SSSR count). The van der Waals surface area contributed by atoms with Gasteiger partial charge in [-0.05, 0) is 47.0 Å². The maximum absolute atomic E-state index is 12.6. The van der Waals surface area contributed by atoms with Crippen LogP contribution in [0.15, 0.2) is 54.1 Å². The molecule has 2 unspecified atom stereocenters. The Labute approximate surface area is 243 Å². The van der Waals surface area contributed by atoms with Gasteiger partial charge in [0.15, 0.2) is 0 Å². The number of hydrogen-bond donors (Lipinski definition) is 3. The van der Waals surface area contributed by atoms with Crippen molar-refractivity contribution >= 4 is 40.5 Å². The maximum atomic E-state index is 12.6. The lowest BCUT2D eigenvalue weighted by Crippen LogP contribution is -2.48. The molecule has 3 aliphatic heterocycles. The van der Waals surface area contributed by atoms with E-state index in [1.165, 1.54) is 4.90 Å². The highest BCUT2D eigenvalue weighted by Gasteiger charge is 2.38. The average molecular weight is 580 g/mol. The minimum atomic E-state index is -0.884. The topological polar surface area (TPSA) is 121 Å². The van der Waals surface area contributed by atoms with Crippen LogP contribution in [0.3, 0.4) is 0 Å². The molecule has 2 atom stereocenters. The summed E-state index contributed by atoms with van der Waals surface area (Å²) in [6, 6.07) is 11.7. The van der Waals surface area contributed by atoms with Crippen molar-refractivity contribution < 1.29 is 24.2 Å². The number of nitrogens with one attached hydrogen (secondary N) is 1. The molecule has 3 heterocycles. The number of hydrogen-bond acceptors (Lipinski definition) is 7. The van der Waals surface area contributed by atoms with Crippen molar-refractivity contribution in [2.45, 2.75) is 12.0 Å². The SMILES string of the molecule is NC(=O)C1=CC(c2ccc(OCCN3CCOCC3)c(Cl)c2)=CC2c3ccc(N4CCN(C(=O)O)CC4)cc3NC12. The molecular weight excluding hydrogens is 546 g/mol. The second kappa shape index (κ2) is 11.6. The number of allylic oxidation sites excluding steroid dienone is 2. The Balaban J connectivity index is 1.19. The Bertz CT molecular complexity index is 1400. The first-order valence-corrected chi connectivity index (χ1v) is 14.3. The number of primary amides is 1. The van der Waals surface area contributed by atoms with Crippen molar-refractivity contribution in [3.05, 3.63) is 70.3 Å². The summed E-state index contributed by atoms with van der Waals surface area (Å²) < 4.78 is 11.4. The van der Waals surface area contributed by atoms with Gasteiger partial charge in [-0.15, -0.1) is 0 Å². The molecule has 2 fully saturated rings. The fourth-order valence-electron chi connectivity index (χ4n) is 6.02. The highest BCUT2D eigenvalue weighted by molar-refractivity contribution is 6.32. The van der Waals surface area contributed by atoms with E-state index in [1.807, 2.05) is 24.3 Å². The molecular formula is C30H34ClN5O5. The fourth-order valence-corrected chi connectivity index (χ4v) is 6.25. The molecule has 11 heteroatoms. The Morgan fingerprint density at radius 2 is 1.85 bits per heavy atom. The van der Waals surface area contributed by atoms with Gasteiger partial charge in [-0.2, -0.15) is 0 Å². The molecule has 0 spiro atoms. The summed E-state index contributed by atoms with van der Waals surface area (Å²) >= 11 is 6.63. The molecule has 4 N–H and O–H groups in total. The van der Waals surface area contributed by atoms with Gasteiger partial charge >= 0.3 is 6.09 Å². The molecule has 4 aliphatic rings. The third-order valence-corrected chi connectivity index (χ3v) is 8.60. The van der Waals surface area contributed by atoms with E-state index in [4.69, 9.17) is 26.8 Å². The van der Waals surface area contributed by atoms with E-state index >= 15 is 0 Å². The van der Waals surface area contributed by atoms with Gasteiger partial charge in [0.05, 0.1) is 24.3 Å². The number of fused-ring (bicyclic) bond motifs is 3. The van der Waals surface area contributed by atoms with Crippen LogP contribution in [0.25, 0.3) is 5.57 Å². The number of benzene rings is 2. The lowest BCUT2D eigenvalue weighted by molar-refractivity contribution is -0.114. The highest BCUT2D eigenvalue weighted by Crippen LogP contribution is 2.46. The number of amides is 2. The number of piperazine rings is 1. The van der Waals surface area contributed by atoms with E-state index in [0.717, 1.165) is 60.9 Å². The third kappa shape index (κ3) is 5.72. The van der Waals surface area contributed by atoms with Gasteiger partial charge in [-0.1, -0.05) is 29.8 Å². The molecule has 2 amide bonds. The monoisotopic (exact) mass is 579 g/mol. The van der Waals surface area contributed by atoms with Crippen LogP contribution in [0.1, 0.15) is 17.0 Å². The summed E-state index contributed by atoms with van der Waals surface area (Å²) in [5.41, 5.74) is 11.2. The minimum absolute atomic E-state index is 0.0753. The number of carboxylic acid groups (broad SMARTS) is 1. The minimum Gasteiger partial charge on any atom is -0.491 e. The second-order valence-electron chi connectivity index (χ2n) is 10.7. The molecule has 0 bridgehead atoms. The third-order valence-electron chi connectivity index (χ3n) is 8.31. The zero-order valence-corrected chi connectivity index (χ0v) is 23.5. The van der Waals surface area contributed by atoms with E-state index in [9.17, 15) is 14.7 Å². The van der Waals surface area contributed by atoms with Crippen molar-refractivity contribution in [1.82, 2.24) is 9.80 Å². The first-order valence-electron chi connectivity index (χ1n) is 14.0. The van der Waals surface area contributed by atoms with Crippen molar-refractivity contribution in [2.24, 2.45) is 5.73 Å². The van der Waals surface area contributed by atoms with Crippen molar-refractivity contribution in [3.63, 3.8) is 0 Å². The number of halogens is 1. The largest absolute Gasteiger partial charge is 0.491 e. The summed E-state index contributed by atoms with van der Waals surface area (Å²) in [6.07, 6.45) is 3.12. The van der Waals surface area contributed by atoms with E-state index < -0.39 is 12.0 Å². The van der Waals surface area contributed by atoms with Crippen LogP contribution in [-0.4, -0.2) is 98.6 Å². The Morgan fingerprint density at radius 3 is 2.56 bits per heavy atom. The van der Waals surface area contributed by atoms with Crippen molar-refractivity contribution in [2.75, 3.05) is 75.9 Å². The van der Waals surface area contributed by atoms with E-state index in [1.54, 1.807) is 0 Å². The number of carbonyl (C=O) groups excluding carboxylic acids is 1. The summed E-state index contributed by atoms with van der Waals surface area (Å²) in [4.78, 5) is 29.8. The van der Waals surface area contributed by atoms with Crippen molar-refractivity contribution in [3.8, 4) is 5.75 Å². The number of anilines is 2. The van der Waals surface area contributed by atoms with Gasteiger partial charge in [0.2, 0.25) is 5.91 Å². The van der Waals surface area contributed by atoms with Crippen LogP contribution in [0.2, 0.25) is 5.02 Å². The van der Waals surface area contributed by atoms with Crippen LogP contribution < -0.4 is 20.7 Å². The van der Waals surface area contributed by atoms with Crippen LogP contribution in [0.5, 0.6) is 5.75 Å².